The molecular formula is C14H22FNO6S2. The Labute approximate surface area is 144 Å². The second kappa shape index (κ2) is 10.2. The van der Waals surface area contributed by atoms with Crippen LogP contribution >= 0.6 is 0 Å². The van der Waals surface area contributed by atoms with E-state index in [4.69, 9.17) is 12.9 Å². The van der Waals surface area contributed by atoms with E-state index in [0.717, 1.165) is 11.8 Å². The number of rotatable bonds is 11. The van der Waals surface area contributed by atoms with E-state index in [-0.39, 0.29) is 13.1 Å². The van der Waals surface area contributed by atoms with Gasteiger partial charge in [-0.3, -0.25) is 17.8 Å². The lowest BCUT2D eigenvalue weighted by Crippen LogP contribution is -2.40. The molecule has 0 heterocycles. The first-order chi connectivity index (χ1) is 11.2. The quantitative estimate of drug-likeness (QED) is 0.455. The van der Waals surface area contributed by atoms with Crippen LogP contribution < -0.4 is 0 Å². The zero-order valence-corrected chi connectivity index (χ0v) is 15.1. The normalized spacial score (nSPS) is 16.0. The molecule has 138 valence electrons. The minimum absolute atomic E-state index is 0.00969. The van der Waals surface area contributed by atoms with Gasteiger partial charge >= 0.3 is 11.4 Å². The van der Waals surface area contributed by atoms with Crippen LogP contribution in [0.15, 0.2) is 30.3 Å². The lowest BCUT2D eigenvalue weighted by molar-refractivity contribution is 0.0838. The molecular weight excluding hydrogens is 361 g/mol. The van der Waals surface area contributed by atoms with Crippen molar-refractivity contribution >= 4 is 21.5 Å². The molecule has 0 bridgehead atoms. The van der Waals surface area contributed by atoms with Gasteiger partial charge in [0.2, 0.25) is 0 Å². The summed E-state index contributed by atoms with van der Waals surface area (Å²) in [7, 11) is -3.79. The van der Waals surface area contributed by atoms with Gasteiger partial charge in [-0.15, -0.1) is 0 Å². The molecule has 24 heavy (non-hydrogen) atoms. The van der Waals surface area contributed by atoms with Crippen LogP contribution in [0.4, 0.5) is 4.39 Å². The molecule has 1 rings (SSSR count). The topological polar surface area (TPSA) is 93.1 Å². The molecule has 0 fully saturated rings. The number of benzene rings is 1. The van der Waals surface area contributed by atoms with E-state index in [2.05, 4.69) is 0 Å². The van der Waals surface area contributed by atoms with Crippen molar-refractivity contribution in [1.82, 2.24) is 4.90 Å². The van der Waals surface area contributed by atoms with Crippen LogP contribution in [0.2, 0.25) is 0 Å². The Hall–Kier alpha value is -0.910. The van der Waals surface area contributed by atoms with Crippen molar-refractivity contribution in [3.8, 4) is 0 Å². The molecule has 1 aromatic carbocycles. The fourth-order valence-corrected chi connectivity index (χ4v) is 3.17. The summed E-state index contributed by atoms with van der Waals surface area (Å²) >= 11 is -2.42. The van der Waals surface area contributed by atoms with Gasteiger partial charge in [-0.1, -0.05) is 30.3 Å². The molecule has 1 aromatic rings. The third kappa shape index (κ3) is 9.40. The van der Waals surface area contributed by atoms with E-state index in [1.54, 1.807) is 11.8 Å². The van der Waals surface area contributed by atoms with Gasteiger partial charge in [0.25, 0.3) is 10.1 Å². The van der Waals surface area contributed by atoms with Gasteiger partial charge in [-0.25, -0.2) is 4.39 Å². The van der Waals surface area contributed by atoms with Crippen molar-refractivity contribution < 1.29 is 29.9 Å². The van der Waals surface area contributed by atoms with Gasteiger partial charge in [0.15, 0.2) is 0 Å². The molecule has 0 aliphatic heterocycles. The van der Waals surface area contributed by atoms with E-state index >= 15 is 0 Å². The van der Waals surface area contributed by atoms with Crippen LogP contribution in [0.25, 0.3) is 0 Å². The third-order valence-corrected chi connectivity index (χ3v) is 4.07. The summed E-state index contributed by atoms with van der Waals surface area (Å²) in [5.41, 5.74) is 0.923. The maximum Gasteiger partial charge on any atom is 0.302 e. The third-order valence-electron chi connectivity index (χ3n) is 2.96. The minimum Gasteiger partial charge on any atom is -0.294 e. The summed E-state index contributed by atoms with van der Waals surface area (Å²) in [4.78, 5) is 1.71. The highest BCUT2D eigenvalue weighted by molar-refractivity contribution is 7.86. The molecule has 0 radical (unpaired) electrons. The zero-order chi connectivity index (χ0) is 18.2. The van der Waals surface area contributed by atoms with E-state index in [1.807, 2.05) is 30.3 Å². The SMILES string of the molecule is CC(CN(Cc1ccccc1)CC(CF)OS(C)(=O)=O)OS(=O)O. The number of hydrogen-bond acceptors (Lipinski definition) is 6. The monoisotopic (exact) mass is 383 g/mol. The first-order valence-electron chi connectivity index (χ1n) is 7.18. The van der Waals surface area contributed by atoms with Crippen molar-refractivity contribution in [2.75, 3.05) is 26.0 Å². The summed E-state index contributed by atoms with van der Waals surface area (Å²) in [5.74, 6) is 0. The highest BCUT2D eigenvalue weighted by Gasteiger charge is 2.21. The average Bonchev–Trinajstić information content (AvgIpc) is 2.45. The molecule has 1 N–H and O–H groups in total. The molecule has 0 aliphatic rings. The van der Waals surface area contributed by atoms with Gasteiger partial charge in [0.05, 0.1) is 12.4 Å². The lowest BCUT2D eigenvalue weighted by Gasteiger charge is -2.27. The van der Waals surface area contributed by atoms with Crippen LogP contribution in [-0.2, 0) is 36.4 Å². The Bertz CT molecular complexity index is 613. The van der Waals surface area contributed by atoms with Gasteiger partial charge in [-0.2, -0.15) is 12.6 Å². The fourth-order valence-electron chi connectivity index (χ4n) is 2.22. The maximum atomic E-state index is 13.1. The fraction of sp³-hybridized carbons (Fsp3) is 0.571. The summed E-state index contributed by atoms with van der Waals surface area (Å²) in [5, 5.41) is 0. The van der Waals surface area contributed by atoms with Gasteiger partial charge < -0.3 is 0 Å². The Morgan fingerprint density at radius 2 is 1.92 bits per heavy atom. The van der Waals surface area contributed by atoms with E-state index in [0.29, 0.717) is 6.54 Å². The van der Waals surface area contributed by atoms with E-state index in [1.165, 1.54) is 0 Å². The predicted molar refractivity (Wildman–Crippen MR) is 88.7 cm³/mol. The van der Waals surface area contributed by atoms with Crippen molar-refractivity contribution in [1.29, 1.82) is 0 Å². The minimum atomic E-state index is -3.79. The molecule has 0 spiro atoms. The smallest absolute Gasteiger partial charge is 0.294 e. The maximum absolute atomic E-state index is 13.1. The summed E-state index contributed by atoms with van der Waals surface area (Å²) in [6.07, 6.45) is -0.911. The van der Waals surface area contributed by atoms with Crippen molar-refractivity contribution in [3.63, 3.8) is 0 Å². The predicted octanol–water partition coefficient (Wildman–Crippen LogP) is 1.34. The van der Waals surface area contributed by atoms with Crippen LogP contribution in [0.5, 0.6) is 0 Å². The van der Waals surface area contributed by atoms with Gasteiger partial charge in [0, 0.05) is 19.6 Å². The molecule has 3 atom stereocenters. The number of halogens is 1. The number of alkyl halides is 1. The second-order valence-corrected chi connectivity index (χ2v) is 7.61. The van der Waals surface area contributed by atoms with Crippen LogP contribution in [-0.4, -0.2) is 60.3 Å². The Morgan fingerprint density at radius 1 is 1.29 bits per heavy atom. The first-order valence-corrected chi connectivity index (χ1v) is 10.0. The lowest BCUT2D eigenvalue weighted by atomic mass is 10.2. The molecule has 0 saturated carbocycles. The van der Waals surface area contributed by atoms with Crippen molar-refractivity contribution in [2.45, 2.75) is 25.7 Å². The standard InChI is InChI=1S/C14H22FNO6S2/c1-12(21-23(17)18)9-16(10-13-6-4-3-5-7-13)11-14(8-15)22-24(2,19)20/h3-7,12,14H,8-11H2,1-2H3,(H,17,18). The zero-order valence-electron chi connectivity index (χ0n) is 13.5. The molecule has 3 unspecified atom stereocenters. The van der Waals surface area contributed by atoms with Gasteiger partial charge in [0.1, 0.15) is 12.8 Å². The Kier molecular flexibility index (Phi) is 8.95. The number of nitrogens with zero attached hydrogens (tertiary/aromatic N) is 1. The molecule has 0 saturated heterocycles. The van der Waals surface area contributed by atoms with Crippen LogP contribution in [0.1, 0.15) is 12.5 Å². The molecule has 0 aromatic heterocycles. The second-order valence-electron chi connectivity index (χ2n) is 5.38. The summed E-state index contributed by atoms with van der Waals surface area (Å²) in [6, 6.07) is 9.27. The molecule has 0 amide bonds. The van der Waals surface area contributed by atoms with Crippen LogP contribution in [0.3, 0.4) is 0 Å². The van der Waals surface area contributed by atoms with Crippen LogP contribution in [0, 0.1) is 0 Å². The first kappa shape index (κ1) is 21.1. The van der Waals surface area contributed by atoms with Crippen molar-refractivity contribution in [2.24, 2.45) is 0 Å². The average molecular weight is 383 g/mol. The summed E-state index contributed by atoms with van der Waals surface area (Å²) in [6.45, 7) is 1.19. The highest BCUT2D eigenvalue weighted by Crippen LogP contribution is 2.10. The molecule has 0 aliphatic carbocycles. The van der Waals surface area contributed by atoms with Gasteiger partial charge in [-0.05, 0) is 12.5 Å². The van der Waals surface area contributed by atoms with E-state index in [9.17, 15) is 17.0 Å². The molecule has 10 heteroatoms. The van der Waals surface area contributed by atoms with Crippen molar-refractivity contribution in [3.05, 3.63) is 35.9 Å². The number of hydrogen-bond donors (Lipinski definition) is 1. The highest BCUT2D eigenvalue weighted by atomic mass is 32.2. The Morgan fingerprint density at radius 3 is 2.42 bits per heavy atom. The molecule has 7 nitrogen and oxygen atoms in total. The Balaban J connectivity index is 2.80. The van der Waals surface area contributed by atoms with E-state index < -0.39 is 40.4 Å². The summed E-state index contributed by atoms with van der Waals surface area (Å²) < 4.78 is 64.5. The largest absolute Gasteiger partial charge is 0.302 e.